The summed E-state index contributed by atoms with van der Waals surface area (Å²) in [6, 6.07) is 1.48. The number of piperazine rings is 1. The Hall–Kier alpha value is -0.0800. The second kappa shape index (κ2) is 3.97. The van der Waals surface area contributed by atoms with Crippen LogP contribution in [0.4, 0.5) is 0 Å². The maximum absolute atomic E-state index is 3.48. The molecule has 2 nitrogen and oxygen atoms in total. The van der Waals surface area contributed by atoms with Gasteiger partial charge in [0.05, 0.1) is 0 Å². The van der Waals surface area contributed by atoms with Crippen LogP contribution >= 0.6 is 0 Å². The highest BCUT2D eigenvalue weighted by molar-refractivity contribution is 4.85. The summed E-state index contributed by atoms with van der Waals surface area (Å²) in [7, 11) is 0. The molecule has 0 aromatic rings. The summed E-state index contributed by atoms with van der Waals surface area (Å²) < 4.78 is 0. The molecule has 2 rings (SSSR count). The van der Waals surface area contributed by atoms with Gasteiger partial charge in [-0.1, -0.05) is 6.42 Å². The van der Waals surface area contributed by atoms with Gasteiger partial charge < -0.3 is 5.32 Å². The van der Waals surface area contributed by atoms with Gasteiger partial charge in [-0.15, -0.1) is 0 Å². The lowest BCUT2D eigenvalue weighted by atomic mass is 9.84. The van der Waals surface area contributed by atoms with Gasteiger partial charge in [0.15, 0.2) is 0 Å². The molecule has 0 spiro atoms. The SMILES string of the molecule is CC1CNCC(C)N1CC1CCC1. The Labute approximate surface area is 81.7 Å². The minimum absolute atomic E-state index is 0.740. The van der Waals surface area contributed by atoms with Gasteiger partial charge in [-0.3, -0.25) is 4.90 Å². The van der Waals surface area contributed by atoms with Crippen molar-refractivity contribution >= 4 is 0 Å². The molecular weight excluding hydrogens is 160 g/mol. The van der Waals surface area contributed by atoms with Gasteiger partial charge in [-0.25, -0.2) is 0 Å². The summed E-state index contributed by atoms with van der Waals surface area (Å²) in [4.78, 5) is 2.69. The molecule has 0 radical (unpaired) electrons. The third-order valence-corrected chi connectivity index (χ3v) is 3.71. The van der Waals surface area contributed by atoms with Crippen LogP contribution in [0.2, 0.25) is 0 Å². The van der Waals surface area contributed by atoms with Crippen molar-refractivity contribution in [3.8, 4) is 0 Å². The van der Waals surface area contributed by atoms with Crippen LogP contribution in [0.25, 0.3) is 0 Å². The fraction of sp³-hybridized carbons (Fsp3) is 1.00. The number of hydrogen-bond acceptors (Lipinski definition) is 2. The van der Waals surface area contributed by atoms with Gasteiger partial charge in [-0.05, 0) is 32.6 Å². The first-order valence-corrected chi connectivity index (χ1v) is 5.74. The van der Waals surface area contributed by atoms with E-state index in [1.807, 2.05) is 0 Å². The van der Waals surface area contributed by atoms with Crippen LogP contribution in [0.5, 0.6) is 0 Å². The van der Waals surface area contributed by atoms with Crippen LogP contribution in [0, 0.1) is 5.92 Å². The Morgan fingerprint density at radius 1 is 1.15 bits per heavy atom. The smallest absolute Gasteiger partial charge is 0.0195 e. The molecule has 2 heteroatoms. The summed E-state index contributed by atoms with van der Waals surface area (Å²) in [5.74, 6) is 1.02. The summed E-state index contributed by atoms with van der Waals surface area (Å²) in [6.07, 6.45) is 4.42. The fourth-order valence-corrected chi connectivity index (χ4v) is 2.50. The molecule has 1 aliphatic heterocycles. The summed E-state index contributed by atoms with van der Waals surface area (Å²) in [6.45, 7) is 8.40. The average Bonchev–Trinajstić information content (AvgIpc) is 2.00. The van der Waals surface area contributed by atoms with Crippen LogP contribution in [-0.4, -0.2) is 36.6 Å². The maximum Gasteiger partial charge on any atom is 0.0195 e. The van der Waals surface area contributed by atoms with Gasteiger partial charge >= 0.3 is 0 Å². The highest BCUT2D eigenvalue weighted by Gasteiger charge is 2.28. The molecule has 1 heterocycles. The Morgan fingerprint density at radius 2 is 1.77 bits per heavy atom. The molecule has 1 aliphatic carbocycles. The second-order valence-electron chi connectivity index (χ2n) is 4.85. The number of nitrogens with one attached hydrogen (secondary N) is 1. The molecule has 1 N–H and O–H groups in total. The van der Waals surface area contributed by atoms with Crippen molar-refractivity contribution in [2.45, 2.75) is 45.2 Å². The highest BCUT2D eigenvalue weighted by Crippen LogP contribution is 2.28. The van der Waals surface area contributed by atoms with Crippen molar-refractivity contribution in [1.29, 1.82) is 0 Å². The standard InChI is InChI=1S/C11H22N2/c1-9-6-12-7-10(2)13(9)8-11-4-3-5-11/h9-12H,3-8H2,1-2H3. The molecule has 76 valence electrons. The maximum atomic E-state index is 3.48. The zero-order chi connectivity index (χ0) is 9.26. The van der Waals surface area contributed by atoms with E-state index in [1.54, 1.807) is 0 Å². The van der Waals surface area contributed by atoms with Crippen LogP contribution in [0.1, 0.15) is 33.1 Å². The number of nitrogens with zero attached hydrogens (tertiary/aromatic N) is 1. The molecule has 0 aromatic heterocycles. The first-order valence-electron chi connectivity index (χ1n) is 5.74. The third kappa shape index (κ3) is 2.05. The van der Waals surface area contributed by atoms with Crippen LogP contribution in [-0.2, 0) is 0 Å². The summed E-state index contributed by atoms with van der Waals surface area (Å²) in [5.41, 5.74) is 0. The van der Waals surface area contributed by atoms with Crippen molar-refractivity contribution < 1.29 is 0 Å². The summed E-state index contributed by atoms with van der Waals surface area (Å²) in [5, 5.41) is 3.48. The normalized spacial score (nSPS) is 37.4. The monoisotopic (exact) mass is 182 g/mol. The van der Waals surface area contributed by atoms with E-state index < -0.39 is 0 Å². The quantitative estimate of drug-likeness (QED) is 0.695. The first kappa shape index (κ1) is 9.47. The molecule has 13 heavy (non-hydrogen) atoms. The predicted molar refractivity (Wildman–Crippen MR) is 55.8 cm³/mol. The highest BCUT2D eigenvalue weighted by atomic mass is 15.2. The van der Waals surface area contributed by atoms with Crippen molar-refractivity contribution in [3.63, 3.8) is 0 Å². The number of rotatable bonds is 2. The van der Waals surface area contributed by atoms with Gasteiger partial charge in [0.2, 0.25) is 0 Å². The topological polar surface area (TPSA) is 15.3 Å². The van der Waals surface area contributed by atoms with E-state index in [2.05, 4.69) is 24.1 Å². The van der Waals surface area contributed by atoms with E-state index in [0.717, 1.165) is 18.0 Å². The van der Waals surface area contributed by atoms with E-state index in [0.29, 0.717) is 0 Å². The largest absolute Gasteiger partial charge is 0.314 e. The van der Waals surface area contributed by atoms with Crippen LogP contribution in [0.15, 0.2) is 0 Å². The Morgan fingerprint density at radius 3 is 2.23 bits per heavy atom. The van der Waals surface area contributed by atoms with Crippen molar-refractivity contribution in [2.24, 2.45) is 5.92 Å². The van der Waals surface area contributed by atoms with E-state index >= 15 is 0 Å². The fourth-order valence-electron chi connectivity index (χ4n) is 2.50. The van der Waals surface area contributed by atoms with Gasteiger partial charge in [-0.2, -0.15) is 0 Å². The van der Waals surface area contributed by atoms with Crippen LogP contribution < -0.4 is 5.32 Å². The second-order valence-corrected chi connectivity index (χ2v) is 4.85. The predicted octanol–water partition coefficient (Wildman–Crippen LogP) is 1.47. The molecule has 2 unspecified atom stereocenters. The van der Waals surface area contributed by atoms with Crippen LogP contribution in [0.3, 0.4) is 0 Å². The molecule has 1 saturated carbocycles. The minimum Gasteiger partial charge on any atom is -0.314 e. The Bertz CT molecular complexity index is 155. The molecular formula is C11H22N2. The van der Waals surface area contributed by atoms with E-state index in [1.165, 1.54) is 38.9 Å². The van der Waals surface area contributed by atoms with Crippen molar-refractivity contribution in [2.75, 3.05) is 19.6 Å². The lowest BCUT2D eigenvalue weighted by molar-refractivity contribution is 0.0763. The zero-order valence-corrected chi connectivity index (χ0v) is 8.92. The Kier molecular flexibility index (Phi) is 2.89. The first-order chi connectivity index (χ1) is 6.27. The molecule has 2 aliphatic rings. The van der Waals surface area contributed by atoms with Crippen molar-refractivity contribution in [3.05, 3.63) is 0 Å². The van der Waals surface area contributed by atoms with Crippen molar-refractivity contribution in [1.82, 2.24) is 10.2 Å². The molecule has 2 atom stereocenters. The minimum atomic E-state index is 0.740. The average molecular weight is 182 g/mol. The van der Waals surface area contributed by atoms with E-state index in [4.69, 9.17) is 0 Å². The molecule has 0 amide bonds. The molecule has 0 aromatic carbocycles. The lowest BCUT2D eigenvalue weighted by Crippen LogP contribution is -2.56. The van der Waals surface area contributed by atoms with E-state index in [-0.39, 0.29) is 0 Å². The number of hydrogen-bond donors (Lipinski definition) is 1. The molecule has 0 bridgehead atoms. The van der Waals surface area contributed by atoms with Gasteiger partial charge in [0.1, 0.15) is 0 Å². The third-order valence-electron chi connectivity index (χ3n) is 3.71. The molecule has 2 fully saturated rings. The van der Waals surface area contributed by atoms with Gasteiger partial charge in [0, 0.05) is 31.7 Å². The lowest BCUT2D eigenvalue weighted by Gasteiger charge is -2.43. The Balaban J connectivity index is 1.85. The molecule has 1 saturated heterocycles. The zero-order valence-electron chi connectivity index (χ0n) is 8.92. The summed E-state index contributed by atoms with van der Waals surface area (Å²) >= 11 is 0. The van der Waals surface area contributed by atoms with E-state index in [9.17, 15) is 0 Å². The van der Waals surface area contributed by atoms with Gasteiger partial charge in [0.25, 0.3) is 0 Å².